The Balaban J connectivity index is 3.69. The topological polar surface area (TPSA) is 3.24 Å². The molecule has 0 aromatic carbocycles. The quantitative estimate of drug-likeness (QED) is 0.572. The lowest BCUT2D eigenvalue weighted by Gasteiger charge is -2.23. The fraction of sp³-hybridized carbons (Fsp3) is 0.833. The highest BCUT2D eigenvalue weighted by Crippen LogP contribution is 2.25. The molecule has 0 N–H and O–H groups in total. The van der Waals surface area contributed by atoms with Crippen molar-refractivity contribution in [3.8, 4) is 0 Å². The van der Waals surface area contributed by atoms with Crippen LogP contribution in [0.2, 0.25) is 0 Å². The van der Waals surface area contributed by atoms with Crippen LogP contribution in [0.15, 0.2) is 12.7 Å². The summed E-state index contributed by atoms with van der Waals surface area (Å²) in [6.45, 7) is 11.9. The van der Waals surface area contributed by atoms with E-state index in [-0.39, 0.29) is 0 Å². The van der Waals surface area contributed by atoms with E-state index in [1.54, 1.807) is 0 Å². The van der Waals surface area contributed by atoms with E-state index in [1.165, 1.54) is 19.4 Å². The summed E-state index contributed by atoms with van der Waals surface area (Å²) in [5, 5.41) is 0. The summed E-state index contributed by atoms with van der Waals surface area (Å²) in [5.41, 5.74) is 0.306. The predicted molar refractivity (Wildman–Crippen MR) is 60.9 cm³/mol. The Bertz CT molecular complexity index is 147. The molecule has 1 nitrogen and oxygen atoms in total. The number of hydrogen-bond acceptors (Lipinski definition) is 1. The summed E-state index contributed by atoms with van der Waals surface area (Å²) in [6.07, 6.45) is 4.60. The number of hydrogen-bond donors (Lipinski definition) is 0. The van der Waals surface area contributed by atoms with Crippen molar-refractivity contribution in [1.82, 2.24) is 4.90 Å². The van der Waals surface area contributed by atoms with Crippen molar-refractivity contribution < 1.29 is 0 Å². The first kappa shape index (κ1) is 12.7. The van der Waals surface area contributed by atoms with Gasteiger partial charge in [-0.2, -0.15) is 0 Å². The van der Waals surface area contributed by atoms with Gasteiger partial charge in [0.15, 0.2) is 0 Å². The van der Waals surface area contributed by atoms with Gasteiger partial charge in [-0.1, -0.05) is 26.8 Å². The molecule has 0 rings (SSSR count). The normalized spacial score (nSPS) is 14.6. The molecule has 0 amide bonds. The highest BCUT2D eigenvalue weighted by atomic mass is 15.1. The van der Waals surface area contributed by atoms with Crippen molar-refractivity contribution in [2.45, 2.75) is 33.6 Å². The summed E-state index contributed by atoms with van der Waals surface area (Å²) in [5.74, 6) is 0.786. The zero-order chi connectivity index (χ0) is 10.5. The van der Waals surface area contributed by atoms with Crippen LogP contribution in [-0.4, -0.2) is 25.5 Å². The largest absolute Gasteiger partial charge is 0.309 e. The SMILES string of the molecule is C=CC(C)(C)CCC(C)CN(C)C. The number of nitrogens with zero attached hydrogens (tertiary/aromatic N) is 1. The first-order valence-corrected chi connectivity index (χ1v) is 5.15. The van der Waals surface area contributed by atoms with Crippen molar-refractivity contribution in [3.05, 3.63) is 12.7 Å². The van der Waals surface area contributed by atoms with Gasteiger partial charge in [-0.3, -0.25) is 0 Å². The standard InChI is InChI=1S/C12H25N/c1-7-12(3,4)9-8-11(2)10-13(5)6/h7,11H,1,8-10H2,2-6H3. The summed E-state index contributed by atoms with van der Waals surface area (Å²) in [7, 11) is 4.27. The van der Waals surface area contributed by atoms with Gasteiger partial charge in [-0.25, -0.2) is 0 Å². The average molecular weight is 183 g/mol. The van der Waals surface area contributed by atoms with Gasteiger partial charge >= 0.3 is 0 Å². The van der Waals surface area contributed by atoms with Gasteiger partial charge in [0, 0.05) is 6.54 Å². The Kier molecular flexibility index (Phi) is 5.31. The van der Waals surface area contributed by atoms with Crippen molar-refractivity contribution in [2.75, 3.05) is 20.6 Å². The highest BCUT2D eigenvalue weighted by Gasteiger charge is 2.14. The van der Waals surface area contributed by atoms with Crippen LogP contribution >= 0.6 is 0 Å². The van der Waals surface area contributed by atoms with E-state index in [9.17, 15) is 0 Å². The van der Waals surface area contributed by atoms with E-state index in [0.717, 1.165) is 5.92 Å². The van der Waals surface area contributed by atoms with Gasteiger partial charge in [0.25, 0.3) is 0 Å². The summed E-state index contributed by atoms with van der Waals surface area (Å²) < 4.78 is 0. The van der Waals surface area contributed by atoms with Gasteiger partial charge in [0.1, 0.15) is 0 Å². The van der Waals surface area contributed by atoms with Crippen molar-refractivity contribution in [2.24, 2.45) is 11.3 Å². The second kappa shape index (κ2) is 5.43. The third kappa shape index (κ3) is 6.83. The molecular weight excluding hydrogens is 158 g/mol. The summed E-state index contributed by atoms with van der Waals surface area (Å²) in [4.78, 5) is 2.26. The minimum absolute atomic E-state index is 0.306. The van der Waals surface area contributed by atoms with Gasteiger partial charge in [-0.05, 0) is 38.3 Å². The van der Waals surface area contributed by atoms with Gasteiger partial charge < -0.3 is 4.90 Å². The van der Waals surface area contributed by atoms with E-state index in [1.807, 2.05) is 0 Å². The third-order valence-electron chi connectivity index (χ3n) is 2.51. The number of rotatable bonds is 6. The van der Waals surface area contributed by atoms with Crippen LogP contribution in [0.5, 0.6) is 0 Å². The molecule has 1 atom stereocenters. The van der Waals surface area contributed by atoms with Crippen molar-refractivity contribution >= 4 is 0 Å². The van der Waals surface area contributed by atoms with Crippen LogP contribution in [0.1, 0.15) is 33.6 Å². The first-order valence-electron chi connectivity index (χ1n) is 5.15. The Morgan fingerprint density at radius 1 is 1.38 bits per heavy atom. The Morgan fingerprint density at radius 3 is 2.31 bits per heavy atom. The maximum absolute atomic E-state index is 3.86. The van der Waals surface area contributed by atoms with Gasteiger partial charge in [-0.15, -0.1) is 6.58 Å². The van der Waals surface area contributed by atoms with Crippen LogP contribution in [0.4, 0.5) is 0 Å². The van der Waals surface area contributed by atoms with Gasteiger partial charge in [0.2, 0.25) is 0 Å². The Hall–Kier alpha value is -0.300. The fourth-order valence-corrected chi connectivity index (χ4v) is 1.44. The Morgan fingerprint density at radius 2 is 1.92 bits per heavy atom. The summed E-state index contributed by atoms with van der Waals surface area (Å²) in [6, 6.07) is 0. The molecule has 13 heavy (non-hydrogen) atoms. The monoisotopic (exact) mass is 183 g/mol. The summed E-state index contributed by atoms with van der Waals surface area (Å²) >= 11 is 0. The molecular formula is C12H25N. The molecule has 78 valence electrons. The predicted octanol–water partition coefficient (Wildman–Crippen LogP) is 3.18. The maximum atomic E-state index is 3.86. The molecule has 0 bridgehead atoms. The van der Waals surface area contributed by atoms with Crippen LogP contribution in [-0.2, 0) is 0 Å². The Labute approximate surface area is 83.8 Å². The van der Waals surface area contributed by atoms with E-state index in [4.69, 9.17) is 0 Å². The third-order valence-corrected chi connectivity index (χ3v) is 2.51. The molecule has 0 spiro atoms. The lowest BCUT2D eigenvalue weighted by molar-refractivity contribution is 0.296. The van der Waals surface area contributed by atoms with E-state index in [2.05, 4.69) is 52.4 Å². The van der Waals surface area contributed by atoms with E-state index < -0.39 is 0 Å². The molecule has 0 saturated carbocycles. The molecule has 0 aliphatic rings. The molecule has 0 aliphatic carbocycles. The second-order valence-corrected chi connectivity index (χ2v) is 5.10. The minimum atomic E-state index is 0.306. The fourth-order valence-electron chi connectivity index (χ4n) is 1.44. The molecule has 0 aromatic heterocycles. The van der Waals surface area contributed by atoms with E-state index >= 15 is 0 Å². The molecule has 0 saturated heterocycles. The zero-order valence-electron chi connectivity index (χ0n) is 9.93. The molecule has 1 unspecified atom stereocenters. The molecule has 0 radical (unpaired) electrons. The van der Waals surface area contributed by atoms with Crippen LogP contribution in [0.25, 0.3) is 0 Å². The molecule has 0 heterocycles. The highest BCUT2D eigenvalue weighted by molar-refractivity contribution is 4.87. The lowest BCUT2D eigenvalue weighted by atomic mass is 9.85. The van der Waals surface area contributed by atoms with Crippen LogP contribution in [0, 0.1) is 11.3 Å². The van der Waals surface area contributed by atoms with Gasteiger partial charge in [0.05, 0.1) is 0 Å². The minimum Gasteiger partial charge on any atom is -0.309 e. The lowest BCUT2D eigenvalue weighted by Crippen LogP contribution is -2.21. The molecule has 0 aliphatic heterocycles. The van der Waals surface area contributed by atoms with Crippen molar-refractivity contribution in [3.63, 3.8) is 0 Å². The second-order valence-electron chi connectivity index (χ2n) is 5.10. The average Bonchev–Trinajstić information content (AvgIpc) is 2.00. The zero-order valence-corrected chi connectivity index (χ0v) is 9.93. The number of allylic oxidation sites excluding steroid dienone is 1. The molecule has 1 heteroatoms. The van der Waals surface area contributed by atoms with Crippen LogP contribution in [0.3, 0.4) is 0 Å². The molecule has 0 fully saturated rings. The smallest absolute Gasteiger partial charge is 0.0000925 e. The maximum Gasteiger partial charge on any atom is 0.0000925 e. The van der Waals surface area contributed by atoms with Crippen LogP contribution < -0.4 is 0 Å². The van der Waals surface area contributed by atoms with E-state index in [0.29, 0.717) is 5.41 Å². The van der Waals surface area contributed by atoms with Crippen molar-refractivity contribution in [1.29, 1.82) is 0 Å². The first-order chi connectivity index (χ1) is 5.87. The molecule has 0 aromatic rings.